The minimum absolute atomic E-state index is 0.0576. The van der Waals surface area contributed by atoms with Crippen LogP contribution in [0.4, 0.5) is 5.95 Å². The minimum atomic E-state index is -3.61. The second-order valence-electron chi connectivity index (χ2n) is 7.07. The second kappa shape index (κ2) is 8.91. The fraction of sp³-hybridized carbons (Fsp3) is 0.526. The molecule has 158 valence electrons. The summed E-state index contributed by atoms with van der Waals surface area (Å²) in [7, 11) is -1.92. The predicted molar refractivity (Wildman–Crippen MR) is 110 cm³/mol. The minimum Gasteiger partial charge on any atom is -0.346 e. The lowest BCUT2D eigenvalue weighted by Crippen LogP contribution is -2.48. The van der Waals surface area contributed by atoms with Gasteiger partial charge in [0.25, 0.3) is 5.91 Å². The Hall–Kier alpha value is -2.46. The van der Waals surface area contributed by atoms with Crippen molar-refractivity contribution in [2.24, 2.45) is 7.05 Å². The first kappa shape index (κ1) is 21.3. The number of amides is 1. The molecule has 0 aliphatic carbocycles. The van der Waals surface area contributed by atoms with Crippen molar-refractivity contribution in [3.05, 3.63) is 36.4 Å². The van der Waals surface area contributed by atoms with Gasteiger partial charge in [-0.05, 0) is 25.0 Å². The van der Waals surface area contributed by atoms with Crippen LogP contribution in [0, 0.1) is 0 Å². The van der Waals surface area contributed by atoms with E-state index in [1.165, 1.54) is 16.6 Å². The highest BCUT2D eigenvalue weighted by Gasteiger charge is 2.27. The van der Waals surface area contributed by atoms with Crippen molar-refractivity contribution >= 4 is 21.9 Å². The summed E-state index contributed by atoms with van der Waals surface area (Å²) in [5, 5.41) is 3.03. The Morgan fingerprint density at radius 3 is 2.62 bits per heavy atom. The Morgan fingerprint density at radius 1 is 1.28 bits per heavy atom. The number of sulfonamides is 1. The van der Waals surface area contributed by atoms with E-state index in [9.17, 15) is 13.2 Å². The zero-order valence-corrected chi connectivity index (χ0v) is 17.9. The number of nitrogens with zero attached hydrogens (tertiary/aromatic N) is 5. The maximum atomic E-state index is 12.8. The van der Waals surface area contributed by atoms with Crippen molar-refractivity contribution in [2.45, 2.75) is 37.6 Å². The molecule has 1 aliphatic heterocycles. The molecule has 9 nitrogen and oxygen atoms in total. The first-order valence-electron chi connectivity index (χ1n) is 9.86. The molecule has 1 amide bonds. The summed E-state index contributed by atoms with van der Waals surface area (Å²) < 4.78 is 28.4. The van der Waals surface area contributed by atoms with Crippen molar-refractivity contribution in [3.8, 4) is 0 Å². The molecule has 10 heteroatoms. The van der Waals surface area contributed by atoms with Crippen LogP contribution < -0.4 is 10.2 Å². The van der Waals surface area contributed by atoms with Gasteiger partial charge in [-0.15, -0.1) is 0 Å². The van der Waals surface area contributed by atoms with Crippen molar-refractivity contribution < 1.29 is 13.2 Å². The van der Waals surface area contributed by atoms with Crippen LogP contribution in [0.25, 0.3) is 0 Å². The van der Waals surface area contributed by atoms with Crippen LogP contribution in [0.1, 0.15) is 37.2 Å². The average molecular weight is 421 g/mol. The Morgan fingerprint density at radius 2 is 1.97 bits per heavy atom. The van der Waals surface area contributed by atoms with Crippen LogP contribution in [-0.2, 0) is 17.1 Å². The van der Waals surface area contributed by atoms with Crippen LogP contribution in [0.5, 0.6) is 0 Å². The Kier molecular flexibility index (Phi) is 6.53. The highest BCUT2D eigenvalue weighted by molar-refractivity contribution is 7.89. The van der Waals surface area contributed by atoms with Gasteiger partial charge in [0.1, 0.15) is 10.6 Å². The molecule has 0 bridgehead atoms. The number of piperidine rings is 1. The lowest BCUT2D eigenvalue weighted by Gasteiger charge is -2.33. The van der Waals surface area contributed by atoms with E-state index in [4.69, 9.17) is 0 Å². The van der Waals surface area contributed by atoms with Gasteiger partial charge < -0.3 is 14.8 Å². The number of anilines is 1. The fourth-order valence-corrected chi connectivity index (χ4v) is 5.13. The number of rotatable bonds is 7. The third-order valence-corrected chi connectivity index (χ3v) is 7.16. The average Bonchev–Trinajstić information content (AvgIpc) is 3.12. The summed E-state index contributed by atoms with van der Waals surface area (Å²) in [6, 6.07) is 3.16. The third kappa shape index (κ3) is 4.59. The second-order valence-corrected chi connectivity index (χ2v) is 9.01. The van der Waals surface area contributed by atoms with Crippen LogP contribution in [0.2, 0.25) is 0 Å². The molecule has 0 saturated carbocycles. The Labute approximate surface area is 171 Å². The van der Waals surface area contributed by atoms with Crippen molar-refractivity contribution in [3.63, 3.8) is 0 Å². The summed E-state index contributed by atoms with van der Waals surface area (Å²) in [6.07, 6.45) is 6.66. The smallest absolute Gasteiger partial charge is 0.268 e. The molecular formula is C19H28N6O3S. The molecule has 1 saturated heterocycles. The topological polar surface area (TPSA) is 100 Å². The molecule has 1 fully saturated rings. The third-order valence-electron chi connectivity index (χ3n) is 5.15. The first-order valence-corrected chi connectivity index (χ1v) is 11.3. The molecule has 1 atom stereocenters. The molecule has 29 heavy (non-hydrogen) atoms. The van der Waals surface area contributed by atoms with Crippen LogP contribution >= 0.6 is 0 Å². The molecule has 2 aromatic heterocycles. The summed E-state index contributed by atoms with van der Waals surface area (Å²) >= 11 is 0. The number of hydrogen-bond acceptors (Lipinski definition) is 6. The molecule has 1 unspecified atom stereocenters. The number of nitrogens with one attached hydrogen (secondary N) is 1. The quantitative estimate of drug-likeness (QED) is 0.723. The highest BCUT2D eigenvalue weighted by Crippen LogP contribution is 2.20. The first-order chi connectivity index (χ1) is 13.9. The van der Waals surface area contributed by atoms with E-state index < -0.39 is 10.0 Å². The maximum absolute atomic E-state index is 12.8. The SMILES string of the molecule is CCN(CC)S(=O)(=O)c1cc(C(=O)NC2CCCN(c3ncccn3)C2)n(C)c1. The molecule has 3 heterocycles. The van der Waals surface area contributed by atoms with Gasteiger partial charge in [-0.1, -0.05) is 13.8 Å². The van der Waals surface area contributed by atoms with Gasteiger partial charge in [0.05, 0.1) is 0 Å². The molecule has 1 N–H and O–H groups in total. The lowest BCUT2D eigenvalue weighted by molar-refractivity contribution is 0.0924. The van der Waals surface area contributed by atoms with E-state index in [-0.39, 0.29) is 16.8 Å². The van der Waals surface area contributed by atoms with Gasteiger partial charge in [0, 0.05) is 57.9 Å². The van der Waals surface area contributed by atoms with Crippen molar-refractivity contribution in [1.82, 2.24) is 24.2 Å². The number of aromatic nitrogens is 3. The maximum Gasteiger partial charge on any atom is 0.268 e. The number of carbonyl (C=O) groups is 1. The van der Waals surface area contributed by atoms with Gasteiger partial charge in [-0.2, -0.15) is 4.31 Å². The largest absolute Gasteiger partial charge is 0.346 e. The molecule has 0 aromatic carbocycles. The fourth-order valence-electron chi connectivity index (χ4n) is 3.60. The monoisotopic (exact) mass is 420 g/mol. The van der Waals surface area contributed by atoms with Gasteiger partial charge >= 0.3 is 0 Å². The Balaban J connectivity index is 1.72. The van der Waals surface area contributed by atoms with E-state index in [1.807, 2.05) is 0 Å². The summed E-state index contributed by atoms with van der Waals surface area (Å²) in [5.74, 6) is 0.368. The molecule has 3 rings (SSSR count). The summed E-state index contributed by atoms with van der Waals surface area (Å²) in [6.45, 7) is 5.81. The standard InChI is InChI=1S/C19H28N6O3S/c1-4-25(5-2)29(27,28)16-12-17(23(3)14-16)18(26)22-15-8-6-11-24(13-15)19-20-9-7-10-21-19/h7,9-10,12,14-15H,4-6,8,11,13H2,1-3H3,(H,22,26). The van der Waals surface area contributed by atoms with Crippen molar-refractivity contribution in [1.29, 1.82) is 0 Å². The van der Waals surface area contributed by atoms with E-state index in [0.717, 1.165) is 19.4 Å². The normalized spacial score (nSPS) is 17.5. The van der Waals surface area contributed by atoms with E-state index in [2.05, 4.69) is 20.2 Å². The van der Waals surface area contributed by atoms with E-state index in [0.29, 0.717) is 31.3 Å². The zero-order chi connectivity index (χ0) is 21.0. The number of aryl methyl sites for hydroxylation is 1. The highest BCUT2D eigenvalue weighted by atomic mass is 32.2. The Bertz CT molecular complexity index is 940. The van der Waals surface area contributed by atoms with Gasteiger partial charge in [0.15, 0.2) is 0 Å². The molecule has 0 radical (unpaired) electrons. The molecular weight excluding hydrogens is 392 g/mol. The van der Waals surface area contributed by atoms with Crippen LogP contribution in [0.3, 0.4) is 0 Å². The van der Waals surface area contributed by atoms with Crippen LogP contribution in [-0.4, -0.2) is 65.4 Å². The zero-order valence-electron chi connectivity index (χ0n) is 17.1. The van der Waals surface area contributed by atoms with Crippen molar-refractivity contribution in [2.75, 3.05) is 31.1 Å². The molecule has 2 aromatic rings. The number of carbonyl (C=O) groups excluding carboxylic acids is 1. The summed E-state index contributed by atoms with van der Waals surface area (Å²) in [4.78, 5) is 23.6. The van der Waals surface area contributed by atoms with E-state index >= 15 is 0 Å². The van der Waals surface area contributed by atoms with Gasteiger partial charge in [0.2, 0.25) is 16.0 Å². The molecule has 1 aliphatic rings. The van der Waals surface area contributed by atoms with Gasteiger partial charge in [-0.25, -0.2) is 18.4 Å². The van der Waals surface area contributed by atoms with E-state index in [1.54, 1.807) is 43.9 Å². The molecule has 0 spiro atoms. The van der Waals surface area contributed by atoms with Crippen LogP contribution in [0.15, 0.2) is 35.6 Å². The predicted octanol–water partition coefficient (Wildman–Crippen LogP) is 1.24. The van der Waals surface area contributed by atoms with Gasteiger partial charge in [-0.3, -0.25) is 4.79 Å². The number of hydrogen-bond donors (Lipinski definition) is 1. The lowest BCUT2D eigenvalue weighted by atomic mass is 10.1. The summed E-state index contributed by atoms with van der Waals surface area (Å²) in [5.41, 5.74) is 0.323.